The van der Waals surface area contributed by atoms with Gasteiger partial charge in [-0.15, -0.1) is 0 Å². The van der Waals surface area contributed by atoms with Gasteiger partial charge < -0.3 is 25.4 Å². The van der Waals surface area contributed by atoms with E-state index in [0.717, 1.165) is 0 Å². The van der Waals surface area contributed by atoms with Gasteiger partial charge in [-0.25, -0.2) is 20.0 Å². The van der Waals surface area contributed by atoms with Crippen molar-refractivity contribution in [1.82, 2.24) is 24.6 Å². The molecule has 2 unspecified atom stereocenters. The fraction of sp³-hybridized carbons (Fsp3) is 0.647. The van der Waals surface area contributed by atoms with Gasteiger partial charge in [-0.3, -0.25) is 9.36 Å². The minimum Gasteiger partial charge on any atom is -0.390 e. The van der Waals surface area contributed by atoms with Crippen LogP contribution < -0.4 is 10.8 Å². The Balaban J connectivity index is 1.64. The number of ketones is 1. The summed E-state index contributed by atoms with van der Waals surface area (Å²) >= 11 is 0. The van der Waals surface area contributed by atoms with E-state index in [-0.39, 0.29) is 23.7 Å². The van der Waals surface area contributed by atoms with E-state index in [9.17, 15) is 24.5 Å². The van der Waals surface area contributed by atoms with Crippen LogP contribution in [-0.4, -0.2) is 64.8 Å². The highest BCUT2D eigenvalue weighted by molar-refractivity contribution is 7.56. The molecule has 2 aliphatic carbocycles. The van der Waals surface area contributed by atoms with Gasteiger partial charge in [0.25, 0.3) is 7.52 Å². The third kappa shape index (κ3) is 3.17. The number of aromatic nitrogens is 4. The van der Waals surface area contributed by atoms with Crippen LogP contribution in [-0.2, 0) is 9.36 Å². The van der Waals surface area contributed by atoms with Crippen LogP contribution in [0.25, 0.3) is 11.2 Å². The van der Waals surface area contributed by atoms with Crippen LogP contribution in [0, 0.1) is 18.3 Å². The number of nitrogens with two attached hydrogens (primary N) is 1. The van der Waals surface area contributed by atoms with Gasteiger partial charge in [0.1, 0.15) is 23.2 Å². The summed E-state index contributed by atoms with van der Waals surface area (Å²) in [7, 11) is -3.92. The fourth-order valence-electron chi connectivity index (χ4n) is 4.66. The number of Topliss-reactive ketones (excluding diaryl/α,β-unsaturated/α-hetero) is 1. The summed E-state index contributed by atoms with van der Waals surface area (Å²) in [5.41, 5.74) is 5.85. The topological polar surface area (TPSA) is 176 Å². The molecule has 0 aliphatic heterocycles. The average molecular weight is 424 g/mol. The van der Waals surface area contributed by atoms with Crippen LogP contribution in [0.1, 0.15) is 32.1 Å². The van der Waals surface area contributed by atoms with Crippen molar-refractivity contribution < 1.29 is 24.5 Å². The number of fused-ring (bicyclic) bond motifs is 2. The lowest BCUT2D eigenvalue weighted by molar-refractivity contribution is -0.118. The molecule has 158 valence electrons. The van der Waals surface area contributed by atoms with Crippen molar-refractivity contribution in [1.29, 1.82) is 0 Å². The molecule has 7 atom stereocenters. The van der Waals surface area contributed by atoms with Gasteiger partial charge in [0.2, 0.25) is 0 Å². The summed E-state index contributed by atoms with van der Waals surface area (Å²) in [5.74, 6) is 0.181. The standard InChI is InChI=1S/C17H25N6O5P/c1-7(8(2)24)22-29(27,28)5-17-4-10(17)12(13(25)14(17)26)23-6-19-11-15(18)20-9(3)21-16(11)23/h6-7,10,12-14,25-26H,4-5H2,1-3H3,(H2,18,20,21)(H2,22,27,28)/t7?,10-,12-,13+,14+,17-/m1/s1. The maximum Gasteiger partial charge on any atom is 0.268 e. The number of anilines is 1. The van der Waals surface area contributed by atoms with Gasteiger partial charge in [0.05, 0.1) is 24.5 Å². The van der Waals surface area contributed by atoms with E-state index < -0.39 is 37.2 Å². The molecule has 29 heavy (non-hydrogen) atoms. The van der Waals surface area contributed by atoms with Crippen molar-refractivity contribution in [2.75, 3.05) is 11.9 Å². The van der Waals surface area contributed by atoms with Crippen molar-refractivity contribution in [3.63, 3.8) is 0 Å². The highest BCUT2D eigenvalue weighted by atomic mass is 31.2. The quantitative estimate of drug-likeness (QED) is 0.389. The predicted molar refractivity (Wildman–Crippen MR) is 104 cm³/mol. The molecule has 0 bridgehead atoms. The second-order valence-corrected chi connectivity index (χ2v) is 10.2. The normalized spacial score (nSPS) is 34.0. The Bertz CT molecular complexity index is 1040. The Hall–Kier alpha value is -1.91. The molecular weight excluding hydrogens is 399 g/mol. The van der Waals surface area contributed by atoms with Gasteiger partial charge in [-0.2, -0.15) is 0 Å². The summed E-state index contributed by atoms with van der Waals surface area (Å²) in [5, 5.41) is 24.0. The van der Waals surface area contributed by atoms with Gasteiger partial charge >= 0.3 is 0 Å². The Morgan fingerprint density at radius 3 is 2.83 bits per heavy atom. The number of aliphatic hydroxyl groups excluding tert-OH is 2. The molecule has 0 aromatic carbocycles. The number of hydrogen-bond donors (Lipinski definition) is 5. The summed E-state index contributed by atoms with van der Waals surface area (Å²) in [6.45, 7) is 4.54. The lowest BCUT2D eigenvalue weighted by Crippen LogP contribution is -2.37. The molecule has 2 aromatic rings. The third-order valence-corrected chi connectivity index (χ3v) is 8.06. The van der Waals surface area contributed by atoms with Gasteiger partial charge in [0.15, 0.2) is 11.5 Å². The molecule has 6 N–H and O–H groups in total. The number of aryl methyl sites for hydroxylation is 1. The van der Waals surface area contributed by atoms with E-state index >= 15 is 0 Å². The SMILES string of the molecule is CC(=O)C(C)NP(=O)(O)C[C@]12C[C@@H]1[C@@H](n1cnc3c(N)nc(C)nc31)[C@H](O)[C@@H]2O. The molecule has 11 nitrogen and oxygen atoms in total. The number of carbonyl (C=O) groups excluding carboxylic acids is 1. The number of nitrogens with zero attached hydrogens (tertiary/aromatic N) is 4. The highest BCUT2D eigenvalue weighted by Crippen LogP contribution is 2.71. The van der Waals surface area contributed by atoms with Crippen LogP contribution in [0.2, 0.25) is 0 Å². The van der Waals surface area contributed by atoms with E-state index in [1.807, 2.05) is 0 Å². The number of nitrogens with one attached hydrogen (secondary N) is 1. The minimum absolute atomic E-state index is 0.226. The molecule has 0 spiro atoms. The monoisotopic (exact) mass is 424 g/mol. The van der Waals surface area contributed by atoms with Crippen LogP contribution >= 0.6 is 7.52 Å². The number of nitrogen functional groups attached to an aromatic ring is 1. The highest BCUT2D eigenvalue weighted by Gasteiger charge is 2.72. The smallest absolute Gasteiger partial charge is 0.268 e. The lowest BCUT2D eigenvalue weighted by Gasteiger charge is -2.26. The molecule has 12 heteroatoms. The summed E-state index contributed by atoms with van der Waals surface area (Å²) in [6.07, 6.45) is -0.619. The first-order chi connectivity index (χ1) is 13.5. The van der Waals surface area contributed by atoms with Crippen molar-refractivity contribution in [3.8, 4) is 0 Å². The Kier molecular flexibility index (Phi) is 4.60. The van der Waals surface area contributed by atoms with Crippen LogP contribution in [0.4, 0.5) is 5.82 Å². The van der Waals surface area contributed by atoms with Crippen LogP contribution in [0.5, 0.6) is 0 Å². The minimum atomic E-state index is -3.92. The van der Waals surface area contributed by atoms with E-state index in [1.165, 1.54) is 20.2 Å². The number of imidazole rings is 1. The van der Waals surface area contributed by atoms with Gasteiger partial charge in [-0.1, -0.05) is 0 Å². The first kappa shape index (κ1) is 20.4. The second kappa shape index (κ2) is 6.55. The van der Waals surface area contributed by atoms with E-state index in [0.29, 0.717) is 23.4 Å². The summed E-state index contributed by atoms with van der Waals surface area (Å²) in [6, 6.07) is -1.34. The lowest BCUT2D eigenvalue weighted by atomic mass is 10.0. The first-order valence-corrected chi connectivity index (χ1v) is 11.2. The molecule has 0 radical (unpaired) electrons. The maximum atomic E-state index is 12.7. The van der Waals surface area contributed by atoms with Crippen molar-refractivity contribution in [2.45, 2.75) is 51.5 Å². The molecule has 2 aliphatic rings. The molecule has 0 amide bonds. The second-order valence-electron chi connectivity index (χ2n) is 8.27. The summed E-state index contributed by atoms with van der Waals surface area (Å²) in [4.78, 5) is 34.5. The van der Waals surface area contributed by atoms with Crippen LogP contribution in [0.15, 0.2) is 6.33 Å². The van der Waals surface area contributed by atoms with Crippen molar-refractivity contribution in [3.05, 3.63) is 12.2 Å². The molecule has 2 heterocycles. The number of aliphatic hydroxyl groups is 2. The van der Waals surface area contributed by atoms with Crippen molar-refractivity contribution in [2.24, 2.45) is 11.3 Å². The molecule has 2 fully saturated rings. The van der Waals surface area contributed by atoms with E-state index in [1.54, 1.807) is 11.5 Å². The largest absolute Gasteiger partial charge is 0.390 e. The Morgan fingerprint density at radius 2 is 2.17 bits per heavy atom. The summed E-state index contributed by atoms with van der Waals surface area (Å²) < 4.78 is 14.4. The predicted octanol–water partition coefficient (Wildman–Crippen LogP) is -0.248. The maximum absolute atomic E-state index is 12.7. The molecule has 4 rings (SSSR count). The fourth-order valence-corrected chi connectivity index (χ4v) is 6.88. The third-order valence-electron chi connectivity index (χ3n) is 6.25. The molecular formula is C17H25N6O5P. The molecule has 2 saturated carbocycles. The zero-order chi connectivity index (χ0) is 21.3. The van der Waals surface area contributed by atoms with E-state index in [2.05, 4.69) is 20.0 Å². The van der Waals surface area contributed by atoms with Crippen LogP contribution in [0.3, 0.4) is 0 Å². The number of rotatable bonds is 6. The molecule has 0 saturated heterocycles. The number of hydrogen-bond acceptors (Lipinski definition) is 8. The first-order valence-electron chi connectivity index (χ1n) is 9.40. The average Bonchev–Trinajstić information content (AvgIpc) is 3.06. The zero-order valence-corrected chi connectivity index (χ0v) is 17.2. The van der Waals surface area contributed by atoms with E-state index in [4.69, 9.17) is 5.73 Å². The Morgan fingerprint density at radius 1 is 1.48 bits per heavy atom. The number of carbonyl (C=O) groups is 1. The zero-order valence-electron chi connectivity index (χ0n) is 16.3. The Labute approximate surface area is 166 Å². The van der Waals surface area contributed by atoms with Gasteiger partial charge in [0, 0.05) is 11.6 Å². The van der Waals surface area contributed by atoms with Crippen molar-refractivity contribution >= 4 is 30.3 Å². The van der Waals surface area contributed by atoms with Gasteiger partial charge in [-0.05, 0) is 33.1 Å². The molecule has 2 aromatic heterocycles.